The number of halogens is 3. The van der Waals surface area contributed by atoms with Crippen LogP contribution >= 0.6 is 0 Å². The molecular formula is C28H29F3N6. The lowest BCUT2D eigenvalue weighted by Crippen LogP contribution is -2.27. The number of imidazole rings is 2. The first kappa shape index (κ1) is 23.9. The second-order valence-electron chi connectivity index (χ2n) is 9.83. The fourth-order valence-corrected chi connectivity index (χ4v) is 5.30. The molecule has 0 spiro atoms. The summed E-state index contributed by atoms with van der Waals surface area (Å²) in [4.78, 5) is 14.9. The number of rotatable bonds is 5. The van der Waals surface area contributed by atoms with Gasteiger partial charge in [0, 0.05) is 5.56 Å². The number of aromatic nitrogens is 4. The maximum absolute atomic E-state index is 13.8. The molecule has 4 heterocycles. The predicted octanol–water partition coefficient (Wildman–Crippen LogP) is 6.39. The van der Waals surface area contributed by atoms with Crippen LogP contribution in [0, 0.1) is 0 Å². The minimum atomic E-state index is -4.51. The van der Waals surface area contributed by atoms with E-state index in [0.29, 0.717) is 11.4 Å². The molecule has 0 bridgehead atoms. The summed E-state index contributed by atoms with van der Waals surface area (Å²) in [5, 5.41) is 6.72. The van der Waals surface area contributed by atoms with Gasteiger partial charge in [0.2, 0.25) is 0 Å². The Kier molecular flexibility index (Phi) is 6.34. The van der Waals surface area contributed by atoms with Crippen LogP contribution in [-0.2, 0) is 6.18 Å². The van der Waals surface area contributed by atoms with Crippen molar-refractivity contribution in [2.24, 2.45) is 0 Å². The molecule has 9 heteroatoms. The summed E-state index contributed by atoms with van der Waals surface area (Å²) >= 11 is 0. The summed E-state index contributed by atoms with van der Waals surface area (Å²) in [5.74, 6) is 1.32. The van der Waals surface area contributed by atoms with E-state index in [4.69, 9.17) is 0 Å². The van der Waals surface area contributed by atoms with E-state index in [2.05, 4.69) is 30.6 Å². The van der Waals surface area contributed by atoms with E-state index in [1.807, 2.05) is 42.6 Å². The highest BCUT2D eigenvalue weighted by molar-refractivity contribution is 5.72. The lowest BCUT2D eigenvalue weighted by atomic mass is 10.0. The van der Waals surface area contributed by atoms with Gasteiger partial charge in [-0.15, -0.1) is 0 Å². The van der Waals surface area contributed by atoms with Crippen LogP contribution in [-0.4, -0.2) is 33.0 Å². The average Bonchev–Trinajstić information content (AvgIpc) is 3.70. The Bertz CT molecular complexity index is 1340. The van der Waals surface area contributed by atoms with Crippen LogP contribution < -0.4 is 10.6 Å². The Morgan fingerprint density at radius 3 is 1.89 bits per heavy atom. The van der Waals surface area contributed by atoms with Gasteiger partial charge in [0.15, 0.2) is 0 Å². The first-order valence-electron chi connectivity index (χ1n) is 12.9. The molecule has 0 unspecified atom stereocenters. The van der Waals surface area contributed by atoms with Crippen LogP contribution in [0.15, 0.2) is 54.7 Å². The molecule has 2 aliphatic heterocycles. The minimum absolute atomic E-state index is 0.0550. The molecule has 2 aromatic heterocycles. The summed E-state index contributed by atoms with van der Waals surface area (Å²) in [7, 11) is 0. The summed E-state index contributed by atoms with van der Waals surface area (Å²) in [6.45, 7) is 1.81. The van der Waals surface area contributed by atoms with Gasteiger partial charge < -0.3 is 20.6 Å². The van der Waals surface area contributed by atoms with Gasteiger partial charge in [0.1, 0.15) is 23.0 Å². The van der Waals surface area contributed by atoms with Gasteiger partial charge in [-0.2, -0.15) is 13.2 Å². The number of benzene rings is 2. The van der Waals surface area contributed by atoms with Crippen molar-refractivity contribution in [3.05, 3.63) is 72.1 Å². The minimum Gasteiger partial charge on any atom is -0.341 e. The molecule has 37 heavy (non-hydrogen) atoms. The van der Waals surface area contributed by atoms with Crippen LogP contribution in [0.4, 0.5) is 13.2 Å². The summed E-state index contributed by atoms with van der Waals surface area (Å²) in [6, 6.07) is 15.3. The third-order valence-electron chi connectivity index (χ3n) is 7.32. The van der Waals surface area contributed by atoms with E-state index in [-0.39, 0.29) is 17.8 Å². The van der Waals surface area contributed by atoms with Gasteiger partial charge in [-0.25, -0.2) is 9.97 Å². The van der Waals surface area contributed by atoms with Crippen molar-refractivity contribution < 1.29 is 13.2 Å². The molecule has 2 fully saturated rings. The van der Waals surface area contributed by atoms with Crippen LogP contribution in [0.3, 0.4) is 0 Å². The highest BCUT2D eigenvalue weighted by atomic mass is 19.4. The molecule has 2 atom stereocenters. The van der Waals surface area contributed by atoms with E-state index in [0.717, 1.165) is 60.6 Å². The monoisotopic (exact) mass is 506 g/mol. The van der Waals surface area contributed by atoms with Crippen molar-refractivity contribution in [1.29, 1.82) is 0 Å². The maximum Gasteiger partial charge on any atom is 0.433 e. The fourth-order valence-electron chi connectivity index (χ4n) is 5.30. The highest BCUT2D eigenvalue weighted by Gasteiger charge is 2.38. The number of nitrogens with zero attached hydrogens (tertiary/aromatic N) is 2. The molecule has 6 nitrogen and oxygen atoms in total. The Hall–Kier alpha value is -3.43. The largest absolute Gasteiger partial charge is 0.433 e. The van der Waals surface area contributed by atoms with Crippen molar-refractivity contribution >= 4 is 0 Å². The summed E-state index contributed by atoms with van der Waals surface area (Å²) in [5.41, 5.74) is 3.50. The molecule has 6 rings (SSSR count). The van der Waals surface area contributed by atoms with Gasteiger partial charge in [-0.1, -0.05) is 55.0 Å². The van der Waals surface area contributed by atoms with Crippen molar-refractivity contribution in [2.45, 2.75) is 50.4 Å². The molecule has 2 aliphatic rings. The number of alkyl halides is 3. The third kappa shape index (κ3) is 4.93. The van der Waals surface area contributed by atoms with Crippen LogP contribution in [0.25, 0.3) is 33.6 Å². The smallest absolute Gasteiger partial charge is 0.341 e. The van der Waals surface area contributed by atoms with Gasteiger partial charge in [-0.05, 0) is 55.5 Å². The van der Waals surface area contributed by atoms with Gasteiger partial charge in [0.05, 0.1) is 24.0 Å². The van der Waals surface area contributed by atoms with E-state index >= 15 is 0 Å². The maximum atomic E-state index is 13.8. The van der Waals surface area contributed by atoms with Crippen LogP contribution in [0.2, 0.25) is 0 Å². The highest BCUT2D eigenvalue weighted by Crippen LogP contribution is 2.38. The fraction of sp³-hybridized carbons (Fsp3) is 0.357. The van der Waals surface area contributed by atoms with Crippen molar-refractivity contribution in [3.63, 3.8) is 0 Å². The molecule has 0 amide bonds. The van der Waals surface area contributed by atoms with Crippen molar-refractivity contribution in [3.8, 4) is 33.6 Å². The molecule has 192 valence electrons. The topological polar surface area (TPSA) is 81.4 Å². The standard InChI is InChI=1S/C28H29F3N6/c29-28(30,31)25-24(36-27(37-25)22-5-3-15-33-22)20-12-8-18(9-13-20)17-6-10-19(11-7-17)23-16-34-26(35-23)21-4-1-2-14-32-21/h6-13,16,21-22,32-33H,1-5,14-15H2,(H,34,35)(H,36,37)/t21-,22-/m0/s1. The average molecular weight is 507 g/mol. The second kappa shape index (κ2) is 9.79. The number of hydrogen-bond donors (Lipinski definition) is 4. The van der Waals surface area contributed by atoms with Crippen molar-refractivity contribution in [1.82, 2.24) is 30.6 Å². The second-order valence-corrected chi connectivity index (χ2v) is 9.83. The quantitative estimate of drug-likeness (QED) is 0.253. The Morgan fingerprint density at radius 1 is 0.676 bits per heavy atom. The summed E-state index contributed by atoms with van der Waals surface area (Å²) < 4.78 is 41.3. The zero-order valence-electron chi connectivity index (χ0n) is 20.3. The van der Waals surface area contributed by atoms with E-state index in [1.165, 1.54) is 12.8 Å². The molecule has 2 saturated heterocycles. The molecule has 4 N–H and O–H groups in total. The number of hydrogen-bond acceptors (Lipinski definition) is 4. The van der Waals surface area contributed by atoms with Gasteiger partial charge >= 0.3 is 6.18 Å². The predicted molar refractivity (Wildman–Crippen MR) is 137 cm³/mol. The third-order valence-corrected chi connectivity index (χ3v) is 7.32. The van der Waals surface area contributed by atoms with E-state index < -0.39 is 11.9 Å². The van der Waals surface area contributed by atoms with Crippen molar-refractivity contribution in [2.75, 3.05) is 13.1 Å². The van der Waals surface area contributed by atoms with Gasteiger partial charge in [0.25, 0.3) is 0 Å². The molecule has 0 saturated carbocycles. The Balaban J connectivity index is 1.22. The first-order chi connectivity index (χ1) is 18.0. The Morgan fingerprint density at radius 2 is 1.27 bits per heavy atom. The molecule has 4 aromatic rings. The zero-order chi connectivity index (χ0) is 25.4. The van der Waals surface area contributed by atoms with Crippen LogP contribution in [0.5, 0.6) is 0 Å². The molecule has 0 radical (unpaired) electrons. The van der Waals surface area contributed by atoms with E-state index in [9.17, 15) is 13.2 Å². The number of nitrogens with one attached hydrogen (secondary N) is 4. The number of H-pyrrole nitrogens is 2. The van der Waals surface area contributed by atoms with Gasteiger partial charge in [-0.3, -0.25) is 0 Å². The normalized spacial score (nSPS) is 20.4. The number of piperidine rings is 1. The SMILES string of the molecule is FC(F)(F)c1[nH]c([C@@H]2CCCN2)nc1-c1ccc(-c2ccc(-c3cnc([C@@H]4CCCCN4)[nH]3)cc2)cc1. The van der Waals surface area contributed by atoms with E-state index in [1.54, 1.807) is 12.1 Å². The molecular weight excluding hydrogens is 477 g/mol. The molecule has 2 aromatic carbocycles. The lowest BCUT2D eigenvalue weighted by Gasteiger charge is -2.21. The van der Waals surface area contributed by atoms with Crippen LogP contribution in [0.1, 0.15) is 61.5 Å². The lowest BCUT2D eigenvalue weighted by molar-refractivity contribution is -0.140. The Labute approximate surface area is 213 Å². The summed E-state index contributed by atoms with van der Waals surface area (Å²) in [6.07, 6.45) is 2.56. The first-order valence-corrected chi connectivity index (χ1v) is 12.9. The molecule has 0 aliphatic carbocycles. The zero-order valence-corrected chi connectivity index (χ0v) is 20.3. The number of aromatic amines is 2.